The van der Waals surface area contributed by atoms with Crippen LogP contribution in [0.3, 0.4) is 0 Å². The smallest absolute Gasteiger partial charge is 0.227 e. The van der Waals surface area contributed by atoms with Gasteiger partial charge in [-0.2, -0.15) is 0 Å². The van der Waals surface area contributed by atoms with E-state index in [1.807, 2.05) is 0 Å². The van der Waals surface area contributed by atoms with Crippen LogP contribution < -0.4 is 0 Å². The monoisotopic (exact) mass is 362 g/mol. The van der Waals surface area contributed by atoms with Crippen molar-refractivity contribution in [2.75, 3.05) is 19.6 Å². The number of carbonyl (C=O) groups is 1. The molecule has 2 aromatic carbocycles. The standard InChI is InChI=1S/C24H30N2O/c1-2-19-9-11-20(12-10-19)16-25-14-5-8-23(17-25)24(27)26-15-13-21-6-3-4-7-22(21)18-26/h3-4,6-7,9-12,23H,2,5,8,13-18H2,1H3/t23-/m0/s1. The Morgan fingerprint density at radius 1 is 1.00 bits per heavy atom. The zero-order valence-electron chi connectivity index (χ0n) is 16.4. The molecule has 142 valence electrons. The minimum atomic E-state index is 0.152. The topological polar surface area (TPSA) is 23.6 Å². The van der Waals surface area contributed by atoms with Crippen molar-refractivity contribution in [1.29, 1.82) is 0 Å². The third-order valence-electron chi connectivity index (χ3n) is 6.13. The number of benzene rings is 2. The fourth-order valence-electron chi connectivity index (χ4n) is 4.48. The molecule has 2 heterocycles. The lowest BCUT2D eigenvalue weighted by Gasteiger charge is -2.36. The molecule has 0 saturated carbocycles. The van der Waals surface area contributed by atoms with Gasteiger partial charge >= 0.3 is 0 Å². The molecule has 0 radical (unpaired) electrons. The Hall–Kier alpha value is -2.13. The number of piperidine rings is 1. The van der Waals surface area contributed by atoms with Crippen LogP contribution in [0.4, 0.5) is 0 Å². The van der Waals surface area contributed by atoms with Gasteiger partial charge in [0.2, 0.25) is 5.91 Å². The summed E-state index contributed by atoms with van der Waals surface area (Å²) in [6, 6.07) is 17.5. The van der Waals surface area contributed by atoms with Gasteiger partial charge in [0.1, 0.15) is 0 Å². The van der Waals surface area contributed by atoms with E-state index in [4.69, 9.17) is 0 Å². The molecule has 3 nitrogen and oxygen atoms in total. The summed E-state index contributed by atoms with van der Waals surface area (Å²) in [6.45, 7) is 6.79. The van der Waals surface area contributed by atoms with Crippen LogP contribution in [0.2, 0.25) is 0 Å². The van der Waals surface area contributed by atoms with Gasteiger partial charge in [0.15, 0.2) is 0 Å². The van der Waals surface area contributed by atoms with E-state index in [0.29, 0.717) is 5.91 Å². The van der Waals surface area contributed by atoms with Crippen molar-refractivity contribution in [3.63, 3.8) is 0 Å². The predicted octanol–water partition coefficient (Wildman–Crippen LogP) is 4.05. The average Bonchev–Trinajstić information content (AvgIpc) is 2.73. The van der Waals surface area contributed by atoms with Crippen LogP contribution in [0, 0.1) is 5.92 Å². The van der Waals surface area contributed by atoms with Crippen LogP contribution >= 0.6 is 0 Å². The number of hydrogen-bond acceptors (Lipinski definition) is 2. The summed E-state index contributed by atoms with van der Waals surface area (Å²) in [6.07, 6.45) is 4.22. The predicted molar refractivity (Wildman–Crippen MR) is 109 cm³/mol. The van der Waals surface area contributed by atoms with Gasteiger partial charge in [-0.05, 0) is 54.5 Å². The van der Waals surface area contributed by atoms with E-state index in [9.17, 15) is 4.79 Å². The highest BCUT2D eigenvalue weighted by Crippen LogP contribution is 2.25. The molecule has 0 spiro atoms. The first-order chi connectivity index (χ1) is 13.2. The van der Waals surface area contributed by atoms with Gasteiger partial charge in [0.05, 0.1) is 5.92 Å². The highest BCUT2D eigenvalue weighted by atomic mass is 16.2. The summed E-state index contributed by atoms with van der Waals surface area (Å²) < 4.78 is 0. The van der Waals surface area contributed by atoms with E-state index in [0.717, 1.165) is 58.4 Å². The molecule has 2 aliphatic rings. The Bertz CT molecular complexity index is 783. The SMILES string of the molecule is CCc1ccc(CN2CCC[C@H](C(=O)N3CCc4ccccc4C3)C2)cc1. The third kappa shape index (κ3) is 4.24. The van der Waals surface area contributed by atoms with Crippen molar-refractivity contribution in [2.45, 2.75) is 45.7 Å². The van der Waals surface area contributed by atoms with E-state index in [1.165, 1.54) is 22.3 Å². The molecule has 27 heavy (non-hydrogen) atoms. The van der Waals surface area contributed by atoms with Crippen LogP contribution in [0.5, 0.6) is 0 Å². The summed E-state index contributed by atoms with van der Waals surface area (Å²) in [4.78, 5) is 17.7. The van der Waals surface area contributed by atoms with Crippen molar-refractivity contribution >= 4 is 5.91 Å². The maximum Gasteiger partial charge on any atom is 0.227 e. The van der Waals surface area contributed by atoms with Gasteiger partial charge in [-0.3, -0.25) is 9.69 Å². The molecule has 1 atom stereocenters. The Balaban J connectivity index is 1.37. The lowest BCUT2D eigenvalue weighted by atomic mass is 9.93. The van der Waals surface area contributed by atoms with E-state index < -0.39 is 0 Å². The summed E-state index contributed by atoms with van der Waals surface area (Å²) in [7, 11) is 0. The fraction of sp³-hybridized carbons (Fsp3) is 0.458. The van der Waals surface area contributed by atoms with Gasteiger partial charge in [-0.25, -0.2) is 0 Å². The van der Waals surface area contributed by atoms with Crippen LogP contribution in [-0.4, -0.2) is 35.3 Å². The number of likely N-dealkylation sites (tertiary alicyclic amines) is 1. The molecular formula is C24H30N2O. The molecule has 1 amide bonds. The number of nitrogens with zero attached hydrogens (tertiary/aromatic N) is 2. The van der Waals surface area contributed by atoms with Crippen molar-refractivity contribution in [2.24, 2.45) is 5.92 Å². The number of aryl methyl sites for hydroxylation is 1. The molecule has 3 heteroatoms. The molecule has 0 unspecified atom stereocenters. The first-order valence-electron chi connectivity index (χ1n) is 10.4. The normalized spacial score (nSPS) is 20.3. The van der Waals surface area contributed by atoms with Gasteiger partial charge < -0.3 is 4.90 Å². The fourth-order valence-corrected chi connectivity index (χ4v) is 4.48. The molecule has 0 N–H and O–H groups in total. The lowest BCUT2D eigenvalue weighted by molar-refractivity contribution is -0.138. The van der Waals surface area contributed by atoms with Crippen LogP contribution in [0.1, 0.15) is 42.0 Å². The molecule has 0 aromatic heterocycles. The lowest BCUT2D eigenvalue weighted by Crippen LogP contribution is -2.46. The molecular weight excluding hydrogens is 332 g/mol. The highest BCUT2D eigenvalue weighted by Gasteiger charge is 2.30. The largest absolute Gasteiger partial charge is 0.338 e. The van der Waals surface area contributed by atoms with Gasteiger partial charge in [0.25, 0.3) is 0 Å². The second-order valence-corrected chi connectivity index (χ2v) is 8.02. The van der Waals surface area contributed by atoms with Crippen molar-refractivity contribution in [3.8, 4) is 0 Å². The second kappa shape index (κ2) is 8.26. The van der Waals surface area contributed by atoms with Crippen LogP contribution in [-0.2, 0) is 30.7 Å². The second-order valence-electron chi connectivity index (χ2n) is 8.02. The van der Waals surface area contributed by atoms with E-state index in [-0.39, 0.29) is 5.92 Å². The Labute approximate surface area is 163 Å². The third-order valence-corrected chi connectivity index (χ3v) is 6.13. The van der Waals surface area contributed by atoms with E-state index in [1.54, 1.807) is 0 Å². The number of hydrogen-bond donors (Lipinski definition) is 0. The van der Waals surface area contributed by atoms with E-state index >= 15 is 0 Å². The van der Waals surface area contributed by atoms with Gasteiger partial charge in [0, 0.05) is 26.2 Å². The first kappa shape index (κ1) is 18.2. The maximum absolute atomic E-state index is 13.1. The molecule has 1 fully saturated rings. The summed E-state index contributed by atoms with van der Waals surface area (Å²) in [5, 5.41) is 0. The van der Waals surface area contributed by atoms with Crippen molar-refractivity contribution < 1.29 is 4.79 Å². The quantitative estimate of drug-likeness (QED) is 0.819. The molecule has 4 rings (SSSR count). The Morgan fingerprint density at radius 2 is 1.74 bits per heavy atom. The zero-order chi connectivity index (χ0) is 18.6. The minimum absolute atomic E-state index is 0.152. The van der Waals surface area contributed by atoms with Crippen LogP contribution in [0.25, 0.3) is 0 Å². The van der Waals surface area contributed by atoms with Crippen molar-refractivity contribution in [1.82, 2.24) is 9.80 Å². The number of carbonyl (C=O) groups excluding carboxylic acids is 1. The highest BCUT2D eigenvalue weighted by molar-refractivity contribution is 5.79. The average molecular weight is 363 g/mol. The molecule has 2 aliphatic heterocycles. The maximum atomic E-state index is 13.1. The number of amides is 1. The van der Waals surface area contributed by atoms with Crippen LogP contribution in [0.15, 0.2) is 48.5 Å². The van der Waals surface area contributed by atoms with Gasteiger partial charge in [-0.15, -0.1) is 0 Å². The summed E-state index contributed by atoms with van der Waals surface area (Å²) >= 11 is 0. The first-order valence-corrected chi connectivity index (χ1v) is 10.4. The minimum Gasteiger partial charge on any atom is -0.338 e. The van der Waals surface area contributed by atoms with E-state index in [2.05, 4.69) is 65.3 Å². The van der Waals surface area contributed by atoms with Gasteiger partial charge in [-0.1, -0.05) is 55.5 Å². The Kier molecular flexibility index (Phi) is 5.58. The van der Waals surface area contributed by atoms with Crippen molar-refractivity contribution in [3.05, 3.63) is 70.8 Å². The number of fused-ring (bicyclic) bond motifs is 1. The summed E-state index contributed by atoms with van der Waals surface area (Å²) in [5.41, 5.74) is 5.46. The Morgan fingerprint density at radius 3 is 2.52 bits per heavy atom. The number of rotatable bonds is 4. The summed E-state index contributed by atoms with van der Waals surface area (Å²) in [5.74, 6) is 0.509. The molecule has 1 saturated heterocycles. The molecule has 0 aliphatic carbocycles. The molecule has 0 bridgehead atoms. The molecule has 2 aromatic rings. The zero-order valence-corrected chi connectivity index (χ0v) is 16.4.